The summed E-state index contributed by atoms with van der Waals surface area (Å²) < 4.78 is 34.5. The van der Waals surface area contributed by atoms with Crippen molar-refractivity contribution in [3.8, 4) is 0 Å². The lowest BCUT2D eigenvalue weighted by atomic mass is 10.0. The van der Waals surface area contributed by atoms with Gasteiger partial charge in [0, 0.05) is 12.8 Å². The maximum atomic E-state index is 12.9. The number of ether oxygens (including phenoxy) is 2. The van der Waals surface area contributed by atoms with Crippen molar-refractivity contribution < 1.29 is 42.1 Å². The van der Waals surface area contributed by atoms with E-state index < -0.39 is 26.5 Å². The van der Waals surface area contributed by atoms with Crippen LogP contribution in [0.4, 0.5) is 0 Å². The summed E-state index contributed by atoms with van der Waals surface area (Å²) in [6.45, 7) is 4.35. The molecule has 584 valence electrons. The second kappa shape index (κ2) is 79.9. The van der Waals surface area contributed by atoms with Gasteiger partial charge in [0.05, 0.1) is 27.7 Å². The maximum Gasteiger partial charge on any atom is 0.306 e. The summed E-state index contributed by atoms with van der Waals surface area (Å²) in [4.78, 5) is 38.2. The van der Waals surface area contributed by atoms with Crippen LogP contribution in [0.15, 0.2) is 12.2 Å². The Bertz CT molecular complexity index is 1650. The van der Waals surface area contributed by atoms with Gasteiger partial charge in [-0.1, -0.05) is 450 Å². The second-order valence-corrected chi connectivity index (χ2v) is 33.4. The van der Waals surface area contributed by atoms with Crippen LogP contribution in [-0.4, -0.2) is 70.0 Å². The number of phosphoric ester groups is 1. The monoisotopic (exact) mass is 1400 g/mol. The van der Waals surface area contributed by atoms with Gasteiger partial charge in [-0.05, 0) is 38.5 Å². The van der Waals surface area contributed by atoms with Crippen molar-refractivity contribution in [2.75, 3.05) is 47.5 Å². The van der Waals surface area contributed by atoms with Crippen LogP contribution in [0.5, 0.6) is 0 Å². The van der Waals surface area contributed by atoms with Gasteiger partial charge in [-0.15, -0.1) is 0 Å². The first-order chi connectivity index (χ1) is 48.0. The lowest BCUT2D eigenvalue weighted by molar-refractivity contribution is -0.870. The second-order valence-electron chi connectivity index (χ2n) is 32.0. The fraction of sp³-hybridized carbons (Fsp3) is 0.955. The summed E-state index contributed by atoms with van der Waals surface area (Å²) in [7, 11) is 1.20. The lowest BCUT2D eigenvalue weighted by Crippen LogP contribution is -2.37. The first-order valence-electron chi connectivity index (χ1n) is 44.4. The average molecular weight is 1410 g/mol. The number of quaternary nitrogens is 1. The minimum Gasteiger partial charge on any atom is -0.756 e. The highest BCUT2D eigenvalue weighted by Crippen LogP contribution is 2.38. The van der Waals surface area contributed by atoms with Gasteiger partial charge in [-0.2, -0.15) is 0 Å². The molecule has 98 heavy (non-hydrogen) atoms. The van der Waals surface area contributed by atoms with Crippen molar-refractivity contribution in [1.82, 2.24) is 0 Å². The molecule has 9 nitrogen and oxygen atoms in total. The molecule has 10 heteroatoms. The number of esters is 2. The molecule has 0 aliphatic heterocycles. The highest BCUT2D eigenvalue weighted by Gasteiger charge is 2.22. The molecule has 0 bridgehead atoms. The average Bonchev–Trinajstić information content (AvgIpc) is 1.08. The Morgan fingerprint density at radius 2 is 0.520 bits per heavy atom. The molecule has 2 atom stereocenters. The van der Waals surface area contributed by atoms with Crippen LogP contribution in [0, 0.1) is 0 Å². The summed E-state index contributed by atoms with van der Waals surface area (Å²) in [5, 5.41) is 0. The van der Waals surface area contributed by atoms with Crippen molar-refractivity contribution >= 4 is 19.8 Å². The predicted molar refractivity (Wildman–Crippen MR) is 425 cm³/mol. The van der Waals surface area contributed by atoms with Gasteiger partial charge in [0.25, 0.3) is 7.82 Å². The fourth-order valence-electron chi connectivity index (χ4n) is 14.0. The topological polar surface area (TPSA) is 111 Å². The van der Waals surface area contributed by atoms with Crippen molar-refractivity contribution in [3.05, 3.63) is 12.2 Å². The van der Waals surface area contributed by atoms with E-state index in [-0.39, 0.29) is 32.0 Å². The Labute approximate surface area is 613 Å². The third kappa shape index (κ3) is 83.7. The number of rotatable bonds is 85. The minimum atomic E-state index is -4.64. The molecule has 0 amide bonds. The summed E-state index contributed by atoms with van der Waals surface area (Å²) in [5.41, 5.74) is 0. The number of nitrogens with zero attached hydrogens (tertiary/aromatic N) is 1. The van der Waals surface area contributed by atoms with E-state index in [1.165, 1.54) is 424 Å². The molecule has 0 rings (SSSR count). The van der Waals surface area contributed by atoms with E-state index in [0.717, 1.165) is 32.1 Å². The number of unbranched alkanes of at least 4 members (excludes halogenated alkanes) is 69. The van der Waals surface area contributed by atoms with Crippen LogP contribution in [0.25, 0.3) is 0 Å². The molecule has 0 radical (unpaired) electrons. The Kier molecular flexibility index (Phi) is 78.8. The van der Waals surface area contributed by atoms with E-state index in [1.807, 2.05) is 21.1 Å². The van der Waals surface area contributed by atoms with Crippen molar-refractivity contribution in [2.45, 2.75) is 495 Å². The minimum absolute atomic E-state index is 0.0254. The van der Waals surface area contributed by atoms with Crippen molar-refractivity contribution in [3.63, 3.8) is 0 Å². The molecule has 0 spiro atoms. The summed E-state index contributed by atoms with van der Waals surface area (Å²) >= 11 is 0. The third-order valence-electron chi connectivity index (χ3n) is 20.8. The standard InChI is InChI=1S/C88H174NO8P/c1-6-8-10-12-14-16-18-20-22-24-26-28-30-32-34-36-38-40-42-43-44-45-47-48-50-52-54-56-58-60-62-64-66-68-70-72-74-76-78-80-87(90)94-84-86(85-96-98(92,93)95-83-82-89(3,4)5)97-88(91)81-79-77-75-73-71-69-67-65-63-61-59-57-55-53-51-49-46-41-39-37-35-33-31-29-27-25-23-21-19-17-15-13-11-9-7-2/h25,27,86H,6-24,26,28-85H2,1-5H3/b27-25-. The Balaban J connectivity index is 3.83. The number of carbonyl (C=O) groups excluding carboxylic acids is 2. The van der Waals surface area contributed by atoms with E-state index in [4.69, 9.17) is 18.5 Å². The van der Waals surface area contributed by atoms with Gasteiger partial charge in [-0.3, -0.25) is 14.2 Å². The normalized spacial score (nSPS) is 12.9. The van der Waals surface area contributed by atoms with E-state index in [1.54, 1.807) is 0 Å². The predicted octanol–water partition coefficient (Wildman–Crippen LogP) is 29.1. The molecule has 0 heterocycles. The van der Waals surface area contributed by atoms with Crippen LogP contribution in [-0.2, 0) is 32.7 Å². The summed E-state index contributed by atoms with van der Waals surface area (Å²) in [6, 6.07) is 0. The molecule has 0 aliphatic carbocycles. The van der Waals surface area contributed by atoms with Crippen LogP contribution >= 0.6 is 7.82 Å². The number of hydrogen-bond donors (Lipinski definition) is 0. The van der Waals surface area contributed by atoms with Gasteiger partial charge in [0.15, 0.2) is 6.10 Å². The molecule has 0 aromatic rings. The molecule has 2 unspecified atom stereocenters. The molecule has 0 saturated carbocycles. The Hall–Kier alpha value is -1.25. The highest BCUT2D eigenvalue weighted by molar-refractivity contribution is 7.45. The first kappa shape index (κ1) is 96.8. The molecule has 0 fully saturated rings. The van der Waals surface area contributed by atoms with Gasteiger partial charge in [0.2, 0.25) is 0 Å². The Morgan fingerprint density at radius 1 is 0.306 bits per heavy atom. The van der Waals surface area contributed by atoms with Gasteiger partial charge in [0.1, 0.15) is 19.8 Å². The molecule has 0 saturated heterocycles. The lowest BCUT2D eigenvalue weighted by Gasteiger charge is -2.28. The van der Waals surface area contributed by atoms with Gasteiger partial charge >= 0.3 is 11.9 Å². The molecule has 0 N–H and O–H groups in total. The quantitative estimate of drug-likeness (QED) is 0.0195. The molecule has 0 aliphatic rings. The van der Waals surface area contributed by atoms with E-state index in [9.17, 15) is 19.0 Å². The first-order valence-corrected chi connectivity index (χ1v) is 45.9. The molecular formula is C88H174NO8P. The number of likely N-dealkylation sites (N-methyl/N-ethyl adjacent to an activating group) is 1. The van der Waals surface area contributed by atoms with E-state index in [0.29, 0.717) is 17.4 Å². The summed E-state index contributed by atoms with van der Waals surface area (Å²) in [6.07, 6.45) is 102. The molecule has 0 aromatic carbocycles. The highest BCUT2D eigenvalue weighted by atomic mass is 31.2. The zero-order chi connectivity index (χ0) is 71.1. The van der Waals surface area contributed by atoms with Crippen LogP contribution in [0.2, 0.25) is 0 Å². The zero-order valence-electron chi connectivity index (χ0n) is 67.0. The number of carbonyl (C=O) groups is 2. The molecular weight excluding hydrogens is 1230 g/mol. The summed E-state index contributed by atoms with van der Waals surface area (Å²) in [5.74, 6) is -0.800. The molecule has 0 aromatic heterocycles. The zero-order valence-corrected chi connectivity index (χ0v) is 67.9. The number of allylic oxidation sites excluding steroid dienone is 2. The number of hydrogen-bond acceptors (Lipinski definition) is 8. The van der Waals surface area contributed by atoms with Gasteiger partial charge < -0.3 is 27.9 Å². The van der Waals surface area contributed by atoms with Crippen LogP contribution in [0.3, 0.4) is 0 Å². The fourth-order valence-corrected chi connectivity index (χ4v) is 14.7. The maximum absolute atomic E-state index is 12.9. The SMILES string of the molecule is CCCCCCCCCC/C=C\CCCCCCCCCCCCCCCCCCCCCCCCCC(=O)OC(COC(=O)CCCCCCCCCCCCCCCCCCCCCCCCCCCCCCCCCCCCCCCCC)COP(=O)([O-])OCC[N+](C)(C)C. The van der Waals surface area contributed by atoms with Crippen LogP contribution in [0.1, 0.15) is 489 Å². The van der Waals surface area contributed by atoms with Crippen molar-refractivity contribution in [2.24, 2.45) is 0 Å². The Morgan fingerprint density at radius 3 is 0.755 bits per heavy atom. The van der Waals surface area contributed by atoms with Crippen LogP contribution < -0.4 is 4.89 Å². The smallest absolute Gasteiger partial charge is 0.306 e. The third-order valence-corrected chi connectivity index (χ3v) is 21.7. The number of phosphoric acid groups is 1. The van der Waals surface area contributed by atoms with Gasteiger partial charge in [-0.25, -0.2) is 0 Å². The van der Waals surface area contributed by atoms with E-state index in [2.05, 4.69) is 26.0 Å². The van der Waals surface area contributed by atoms with E-state index >= 15 is 0 Å². The van der Waals surface area contributed by atoms with Crippen molar-refractivity contribution in [1.29, 1.82) is 0 Å². The largest absolute Gasteiger partial charge is 0.756 e.